The number of amides is 2. The zero-order chi connectivity index (χ0) is 14.8. The first-order valence-corrected chi connectivity index (χ1v) is 6.98. The van der Waals surface area contributed by atoms with Crippen LogP contribution in [0.2, 0.25) is 0 Å². The maximum Gasteiger partial charge on any atom is 0.319 e. The van der Waals surface area contributed by atoms with E-state index in [0.29, 0.717) is 6.54 Å². The van der Waals surface area contributed by atoms with Gasteiger partial charge in [0.15, 0.2) is 0 Å². The molecule has 0 aliphatic rings. The second-order valence-electron chi connectivity index (χ2n) is 4.42. The molecule has 0 unspecified atom stereocenters. The summed E-state index contributed by atoms with van der Waals surface area (Å²) in [7, 11) is 0. The minimum atomic E-state index is -0.178. The van der Waals surface area contributed by atoms with Gasteiger partial charge in [-0.1, -0.05) is 32.1 Å². The molecule has 0 atom stereocenters. The number of rotatable bonds is 5. The smallest absolute Gasteiger partial charge is 0.319 e. The Bertz CT molecular complexity index is 501. The van der Waals surface area contributed by atoms with Gasteiger partial charge in [0, 0.05) is 17.8 Å². The van der Waals surface area contributed by atoms with Crippen molar-refractivity contribution in [2.45, 2.75) is 33.1 Å². The molecule has 0 bridgehead atoms. The fraction of sp³-hybridized carbons (Fsp3) is 0.438. The Hall–Kier alpha value is -1.99. The Morgan fingerprint density at radius 2 is 2.15 bits per heavy atom. The van der Waals surface area contributed by atoms with Crippen molar-refractivity contribution in [3.63, 3.8) is 0 Å². The number of carbonyl (C=O) groups excluding carboxylic acids is 1. The highest BCUT2D eigenvalue weighted by Crippen LogP contribution is 2.17. The molecular weight excluding hydrogens is 252 g/mol. The highest BCUT2D eigenvalue weighted by molar-refractivity contribution is 5.90. The van der Waals surface area contributed by atoms with Crippen LogP contribution in [-0.4, -0.2) is 24.3 Å². The lowest BCUT2D eigenvalue weighted by molar-refractivity contribution is 0.252. The summed E-state index contributed by atoms with van der Waals surface area (Å²) in [6.45, 7) is 4.64. The van der Waals surface area contributed by atoms with Crippen LogP contribution >= 0.6 is 0 Å². The summed E-state index contributed by atoms with van der Waals surface area (Å²) in [5.74, 6) is 5.48. The molecule has 0 aromatic heterocycles. The van der Waals surface area contributed by atoms with Gasteiger partial charge in [-0.25, -0.2) is 4.79 Å². The highest BCUT2D eigenvalue weighted by atomic mass is 16.2. The molecular formula is C16H22N2O2. The maximum atomic E-state index is 11.7. The predicted octanol–water partition coefficient (Wildman–Crippen LogP) is 2.51. The molecule has 0 heterocycles. The van der Waals surface area contributed by atoms with E-state index < -0.39 is 0 Å². The molecule has 0 saturated carbocycles. The standard InChI is InChI=1S/C16H22N2O2/c1-3-5-10-17-16(20)18-15-9-8-13(7-6-11-19)12-14(15)4-2/h8-9,12,19H,3-5,10-11H2,1-2H3,(H2,17,18,20). The largest absolute Gasteiger partial charge is 0.384 e. The normalized spacial score (nSPS) is 9.55. The Labute approximate surface area is 120 Å². The van der Waals surface area contributed by atoms with Gasteiger partial charge in [0.25, 0.3) is 0 Å². The quantitative estimate of drug-likeness (QED) is 0.570. The minimum absolute atomic E-state index is 0.151. The van der Waals surface area contributed by atoms with E-state index >= 15 is 0 Å². The first kappa shape index (κ1) is 16.1. The highest BCUT2D eigenvalue weighted by Gasteiger charge is 2.05. The number of aliphatic hydroxyl groups excluding tert-OH is 1. The van der Waals surface area contributed by atoms with Crippen LogP contribution in [0.15, 0.2) is 18.2 Å². The lowest BCUT2D eigenvalue weighted by atomic mass is 10.1. The van der Waals surface area contributed by atoms with Crippen molar-refractivity contribution in [2.75, 3.05) is 18.5 Å². The van der Waals surface area contributed by atoms with Gasteiger partial charge in [0.2, 0.25) is 0 Å². The monoisotopic (exact) mass is 274 g/mol. The fourth-order valence-corrected chi connectivity index (χ4v) is 1.77. The Morgan fingerprint density at radius 1 is 1.35 bits per heavy atom. The van der Waals surface area contributed by atoms with Crippen molar-refractivity contribution in [2.24, 2.45) is 0 Å². The van der Waals surface area contributed by atoms with E-state index in [4.69, 9.17) is 5.11 Å². The van der Waals surface area contributed by atoms with Crippen LogP contribution in [0.25, 0.3) is 0 Å². The molecule has 2 amide bonds. The number of urea groups is 1. The van der Waals surface area contributed by atoms with Gasteiger partial charge >= 0.3 is 6.03 Å². The van der Waals surface area contributed by atoms with Crippen molar-refractivity contribution in [3.8, 4) is 11.8 Å². The van der Waals surface area contributed by atoms with Crippen LogP contribution in [-0.2, 0) is 6.42 Å². The van der Waals surface area contributed by atoms with Crippen LogP contribution in [0.5, 0.6) is 0 Å². The Kier molecular flexibility index (Phi) is 7.23. The lowest BCUT2D eigenvalue weighted by Gasteiger charge is -2.11. The van der Waals surface area contributed by atoms with Gasteiger partial charge in [-0.2, -0.15) is 0 Å². The zero-order valence-corrected chi connectivity index (χ0v) is 12.1. The topological polar surface area (TPSA) is 61.4 Å². The third-order valence-corrected chi connectivity index (χ3v) is 2.86. The Morgan fingerprint density at radius 3 is 2.80 bits per heavy atom. The molecule has 0 fully saturated rings. The van der Waals surface area contributed by atoms with Crippen molar-refractivity contribution in [3.05, 3.63) is 29.3 Å². The van der Waals surface area contributed by atoms with E-state index in [-0.39, 0.29) is 12.6 Å². The van der Waals surface area contributed by atoms with Gasteiger partial charge in [-0.3, -0.25) is 0 Å². The van der Waals surface area contributed by atoms with Gasteiger partial charge in [0.1, 0.15) is 6.61 Å². The molecule has 1 aromatic carbocycles. The number of aliphatic hydroxyl groups is 1. The van der Waals surface area contributed by atoms with Crippen molar-refractivity contribution < 1.29 is 9.90 Å². The number of benzene rings is 1. The van der Waals surface area contributed by atoms with E-state index in [1.165, 1.54) is 0 Å². The molecule has 20 heavy (non-hydrogen) atoms. The molecule has 0 radical (unpaired) electrons. The number of hydrogen-bond acceptors (Lipinski definition) is 2. The summed E-state index contributed by atoms with van der Waals surface area (Å²) in [6, 6.07) is 5.44. The zero-order valence-electron chi connectivity index (χ0n) is 12.1. The summed E-state index contributed by atoms with van der Waals surface area (Å²) in [5, 5.41) is 14.4. The first-order valence-electron chi connectivity index (χ1n) is 6.98. The summed E-state index contributed by atoms with van der Waals surface area (Å²) < 4.78 is 0. The molecule has 3 N–H and O–H groups in total. The number of unbranched alkanes of at least 4 members (excludes halogenated alkanes) is 1. The SMILES string of the molecule is CCCCNC(=O)Nc1ccc(C#CCO)cc1CC. The number of hydrogen-bond donors (Lipinski definition) is 3. The molecule has 1 rings (SSSR count). The van der Waals surface area contributed by atoms with E-state index in [1.54, 1.807) is 0 Å². The first-order chi connectivity index (χ1) is 9.71. The molecule has 4 nitrogen and oxygen atoms in total. The van der Waals surface area contributed by atoms with Crippen molar-refractivity contribution in [1.29, 1.82) is 0 Å². The predicted molar refractivity (Wildman–Crippen MR) is 81.7 cm³/mol. The lowest BCUT2D eigenvalue weighted by Crippen LogP contribution is -2.29. The molecule has 0 aliphatic heterocycles. The summed E-state index contributed by atoms with van der Waals surface area (Å²) in [5.41, 5.74) is 2.67. The molecule has 0 spiro atoms. The third kappa shape index (κ3) is 5.33. The second-order valence-corrected chi connectivity index (χ2v) is 4.42. The summed E-state index contributed by atoms with van der Waals surface area (Å²) in [4.78, 5) is 11.7. The van der Waals surface area contributed by atoms with Crippen LogP contribution in [0, 0.1) is 11.8 Å². The third-order valence-electron chi connectivity index (χ3n) is 2.86. The molecule has 1 aromatic rings. The van der Waals surface area contributed by atoms with Crippen LogP contribution in [0.4, 0.5) is 10.5 Å². The van der Waals surface area contributed by atoms with Crippen LogP contribution < -0.4 is 10.6 Å². The molecule has 0 aliphatic carbocycles. The van der Waals surface area contributed by atoms with Gasteiger partial charge < -0.3 is 15.7 Å². The molecule has 4 heteroatoms. The Balaban J connectivity index is 2.72. The summed E-state index contributed by atoms with van der Waals surface area (Å²) in [6.07, 6.45) is 2.83. The van der Waals surface area contributed by atoms with Crippen molar-refractivity contribution >= 4 is 11.7 Å². The average molecular weight is 274 g/mol. The summed E-state index contributed by atoms with van der Waals surface area (Å²) >= 11 is 0. The number of carbonyl (C=O) groups is 1. The molecule has 108 valence electrons. The number of anilines is 1. The van der Waals surface area contributed by atoms with E-state index in [0.717, 1.165) is 36.1 Å². The molecule has 0 saturated heterocycles. The van der Waals surface area contributed by atoms with Gasteiger partial charge in [-0.05, 0) is 36.6 Å². The van der Waals surface area contributed by atoms with E-state index in [1.807, 2.05) is 25.1 Å². The second kappa shape index (κ2) is 9.00. The van der Waals surface area contributed by atoms with Crippen LogP contribution in [0.3, 0.4) is 0 Å². The average Bonchev–Trinajstić information content (AvgIpc) is 2.46. The fourth-order valence-electron chi connectivity index (χ4n) is 1.77. The van der Waals surface area contributed by atoms with Crippen LogP contribution in [0.1, 0.15) is 37.8 Å². The maximum absolute atomic E-state index is 11.7. The minimum Gasteiger partial charge on any atom is -0.384 e. The van der Waals surface area contributed by atoms with E-state index in [9.17, 15) is 4.79 Å². The van der Waals surface area contributed by atoms with E-state index in [2.05, 4.69) is 29.4 Å². The number of aryl methyl sites for hydroxylation is 1. The number of nitrogens with one attached hydrogen (secondary N) is 2. The van der Waals surface area contributed by atoms with Gasteiger partial charge in [0.05, 0.1) is 0 Å². The van der Waals surface area contributed by atoms with Gasteiger partial charge in [-0.15, -0.1) is 0 Å². The van der Waals surface area contributed by atoms with Crippen molar-refractivity contribution in [1.82, 2.24) is 5.32 Å².